The molecule has 4 fully saturated rings. The van der Waals surface area contributed by atoms with Crippen LogP contribution in [0.2, 0.25) is 5.02 Å². The number of benzene rings is 1. The van der Waals surface area contributed by atoms with Crippen molar-refractivity contribution in [1.82, 2.24) is 0 Å². The number of rotatable bonds is 3. The number of esters is 1. The van der Waals surface area contributed by atoms with Crippen molar-refractivity contribution in [3.05, 3.63) is 28.3 Å². The van der Waals surface area contributed by atoms with Crippen molar-refractivity contribution >= 4 is 17.6 Å². The Morgan fingerprint density at radius 3 is 2.52 bits per heavy atom. The molecule has 0 spiro atoms. The quantitative estimate of drug-likeness (QED) is 0.744. The standard InChI is InChI=1S/C20H23ClO4/c21-17-4-15-9-23-11-25-18(15)16(5-17)10-24-19(22)20-6-12-1-13(7-20)3-14(2-12)8-20/h4-5,12-14H,1-3,6-11H2. The maximum atomic E-state index is 13.0. The van der Waals surface area contributed by atoms with Crippen molar-refractivity contribution in [2.24, 2.45) is 23.2 Å². The molecule has 1 aromatic rings. The molecule has 1 aromatic carbocycles. The Bertz CT molecular complexity index is 679. The van der Waals surface area contributed by atoms with Crippen LogP contribution < -0.4 is 4.74 Å². The topological polar surface area (TPSA) is 44.8 Å². The molecular formula is C20H23ClO4. The van der Waals surface area contributed by atoms with Gasteiger partial charge >= 0.3 is 5.97 Å². The van der Waals surface area contributed by atoms with Gasteiger partial charge < -0.3 is 14.2 Å². The average Bonchev–Trinajstić information content (AvgIpc) is 2.58. The lowest BCUT2D eigenvalue weighted by molar-refractivity contribution is -0.173. The summed E-state index contributed by atoms with van der Waals surface area (Å²) >= 11 is 6.20. The number of hydrogen-bond donors (Lipinski definition) is 0. The van der Waals surface area contributed by atoms with Crippen molar-refractivity contribution in [2.45, 2.75) is 51.7 Å². The summed E-state index contributed by atoms with van der Waals surface area (Å²) in [6, 6.07) is 3.68. The second-order valence-corrected chi connectivity index (χ2v) is 8.87. The predicted octanol–water partition coefficient (Wildman–Crippen LogP) is 4.47. The predicted molar refractivity (Wildman–Crippen MR) is 92.1 cm³/mol. The molecule has 0 saturated heterocycles. The van der Waals surface area contributed by atoms with Crippen LogP contribution in [0.1, 0.15) is 49.7 Å². The van der Waals surface area contributed by atoms with E-state index in [2.05, 4.69) is 0 Å². The molecule has 1 heterocycles. The number of halogens is 1. The van der Waals surface area contributed by atoms with Gasteiger partial charge in [-0.15, -0.1) is 0 Å². The Hall–Kier alpha value is -1.26. The van der Waals surface area contributed by atoms with Gasteiger partial charge in [-0.2, -0.15) is 0 Å². The first-order chi connectivity index (χ1) is 12.1. The van der Waals surface area contributed by atoms with E-state index in [-0.39, 0.29) is 24.8 Å². The fourth-order valence-corrected chi connectivity index (χ4v) is 6.28. The highest BCUT2D eigenvalue weighted by Crippen LogP contribution is 2.60. The van der Waals surface area contributed by atoms with Crippen LogP contribution in [0.15, 0.2) is 12.1 Å². The molecule has 6 rings (SSSR count). The molecule has 5 heteroatoms. The Labute approximate surface area is 152 Å². The van der Waals surface area contributed by atoms with E-state index in [1.165, 1.54) is 19.3 Å². The molecule has 0 amide bonds. The van der Waals surface area contributed by atoms with Gasteiger partial charge in [0.05, 0.1) is 12.0 Å². The van der Waals surface area contributed by atoms with Crippen LogP contribution >= 0.6 is 11.6 Å². The minimum Gasteiger partial charge on any atom is -0.467 e. The monoisotopic (exact) mass is 362 g/mol. The minimum atomic E-state index is -0.225. The van der Waals surface area contributed by atoms with Crippen LogP contribution in [0, 0.1) is 23.2 Å². The zero-order valence-corrected chi connectivity index (χ0v) is 15.0. The average molecular weight is 363 g/mol. The summed E-state index contributed by atoms with van der Waals surface area (Å²) < 4.78 is 16.7. The molecule has 1 aliphatic heterocycles. The first-order valence-electron chi connectivity index (χ1n) is 9.30. The van der Waals surface area contributed by atoms with Crippen LogP contribution in [-0.2, 0) is 27.5 Å². The van der Waals surface area contributed by atoms with E-state index in [1.54, 1.807) is 0 Å². The minimum absolute atomic E-state index is 0.00705. The Morgan fingerprint density at radius 1 is 1.16 bits per heavy atom. The summed E-state index contributed by atoms with van der Waals surface area (Å²) in [6.07, 6.45) is 7.04. The molecular weight excluding hydrogens is 340 g/mol. The highest BCUT2D eigenvalue weighted by atomic mass is 35.5. The van der Waals surface area contributed by atoms with Crippen LogP contribution in [0.5, 0.6) is 5.75 Å². The Morgan fingerprint density at radius 2 is 1.84 bits per heavy atom. The van der Waals surface area contributed by atoms with Crippen LogP contribution in [-0.4, -0.2) is 12.8 Å². The largest absolute Gasteiger partial charge is 0.467 e. The summed E-state index contributed by atoms with van der Waals surface area (Å²) in [5.74, 6) is 2.95. The molecule has 4 aliphatic carbocycles. The van der Waals surface area contributed by atoms with E-state index in [0.29, 0.717) is 11.6 Å². The van der Waals surface area contributed by atoms with Gasteiger partial charge in [-0.1, -0.05) is 11.6 Å². The van der Waals surface area contributed by atoms with Gasteiger partial charge in [0.25, 0.3) is 0 Å². The Kier molecular flexibility index (Phi) is 3.75. The first kappa shape index (κ1) is 16.0. The third kappa shape index (κ3) is 2.74. The Balaban J connectivity index is 1.34. The smallest absolute Gasteiger partial charge is 0.312 e. The third-order valence-corrected chi connectivity index (χ3v) is 6.80. The molecule has 0 radical (unpaired) electrons. The van der Waals surface area contributed by atoms with E-state index in [1.807, 2.05) is 12.1 Å². The van der Waals surface area contributed by atoms with Crippen LogP contribution in [0.25, 0.3) is 0 Å². The highest BCUT2D eigenvalue weighted by molar-refractivity contribution is 6.30. The molecule has 0 unspecified atom stereocenters. The van der Waals surface area contributed by atoms with Gasteiger partial charge in [0.1, 0.15) is 12.4 Å². The lowest BCUT2D eigenvalue weighted by Crippen LogP contribution is -2.50. The van der Waals surface area contributed by atoms with E-state index in [9.17, 15) is 4.79 Å². The summed E-state index contributed by atoms with van der Waals surface area (Å²) in [7, 11) is 0. The van der Waals surface area contributed by atoms with Gasteiger partial charge in [0.2, 0.25) is 0 Å². The number of carbonyl (C=O) groups excluding carboxylic acids is 1. The van der Waals surface area contributed by atoms with E-state index < -0.39 is 0 Å². The zero-order valence-electron chi connectivity index (χ0n) is 14.3. The summed E-state index contributed by atoms with van der Waals surface area (Å²) in [4.78, 5) is 13.0. The highest BCUT2D eigenvalue weighted by Gasteiger charge is 2.55. The lowest BCUT2D eigenvalue weighted by Gasteiger charge is -2.55. The van der Waals surface area contributed by atoms with Gasteiger partial charge in [-0.3, -0.25) is 4.79 Å². The van der Waals surface area contributed by atoms with Crippen molar-refractivity contribution in [2.75, 3.05) is 6.79 Å². The van der Waals surface area contributed by atoms with Crippen molar-refractivity contribution in [3.63, 3.8) is 0 Å². The molecule has 0 aromatic heterocycles. The SMILES string of the molecule is O=C(OCc1cc(Cl)cc2c1OCOC2)C12CC3CC(CC(C3)C1)C2. The second kappa shape index (κ2) is 5.88. The molecule has 0 atom stereocenters. The normalized spacial score (nSPS) is 35.2. The number of ether oxygens (including phenoxy) is 3. The summed E-state index contributed by atoms with van der Waals surface area (Å²) in [5.41, 5.74) is 1.53. The number of fused-ring (bicyclic) bond motifs is 1. The van der Waals surface area contributed by atoms with Crippen LogP contribution in [0.3, 0.4) is 0 Å². The zero-order chi connectivity index (χ0) is 17.0. The fourth-order valence-electron chi connectivity index (χ4n) is 6.02. The summed E-state index contributed by atoms with van der Waals surface area (Å²) in [6.45, 7) is 0.930. The second-order valence-electron chi connectivity index (χ2n) is 8.44. The van der Waals surface area contributed by atoms with Crippen molar-refractivity contribution < 1.29 is 19.0 Å². The molecule has 25 heavy (non-hydrogen) atoms. The van der Waals surface area contributed by atoms with Crippen molar-refractivity contribution in [3.8, 4) is 5.75 Å². The van der Waals surface area contributed by atoms with Gasteiger partial charge in [-0.05, 0) is 68.4 Å². The molecule has 134 valence electrons. The first-order valence-corrected chi connectivity index (χ1v) is 9.68. The maximum Gasteiger partial charge on any atom is 0.312 e. The van der Waals surface area contributed by atoms with Crippen molar-refractivity contribution in [1.29, 1.82) is 0 Å². The third-order valence-electron chi connectivity index (χ3n) is 6.58. The van der Waals surface area contributed by atoms with Gasteiger partial charge in [-0.25, -0.2) is 0 Å². The molecule has 4 bridgehead atoms. The molecule has 5 aliphatic rings. The van der Waals surface area contributed by atoms with Crippen LogP contribution in [0.4, 0.5) is 0 Å². The van der Waals surface area contributed by atoms with E-state index in [4.69, 9.17) is 25.8 Å². The lowest BCUT2D eigenvalue weighted by atomic mass is 9.49. The molecule has 4 nitrogen and oxygen atoms in total. The van der Waals surface area contributed by atoms with Gasteiger partial charge in [0.15, 0.2) is 6.79 Å². The molecule has 4 saturated carbocycles. The summed E-state index contributed by atoms with van der Waals surface area (Å²) in [5, 5.41) is 0.619. The van der Waals surface area contributed by atoms with Gasteiger partial charge in [0, 0.05) is 16.1 Å². The number of carbonyl (C=O) groups is 1. The number of hydrogen-bond acceptors (Lipinski definition) is 4. The van der Waals surface area contributed by atoms with E-state index >= 15 is 0 Å². The fraction of sp³-hybridized carbons (Fsp3) is 0.650. The molecule has 0 N–H and O–H groups in total. The van der Waals surface area contributed by atoms with E-state index in [0.717, 1.165) is 53.9 Å². The maximum absolute atomic E-state index is 13.0.